The van der Waals surface area contributed by atoms with Crippen LogP contribution in [0.1, 0.15) is 29.8 Å². The monoisotopic (exact) mass is 470 g/mol. The molecule has 1 aromatic heterocycles. The third kappa shape index (κ3) is 5.99. The molecule has 2 N–H and O–H groups in total. The Hall–Kier alpha value is -3.10. The Labute approximate surface area is 197 Å². The summed E-state index contributed by atoms with van der Waals surface area (Å²) in [6.45, 7) is 5.48. The number of hydrogen-bond donors (Lipinski definition) is 2. The second-order valence-electron chi connectivity index (χ2n) is 6.67. The number of carbonyl (C=O) groups is 1. The highest BCUT2D eigenvalue weighted by atomic mass is 32.1. The molecule has 3 aromatic rings. The minimum Gasteiger partial charge on any atom is -0.490 e. The van der Waals surface area contributed by atoms with Crippen molar-refractivity contribution >= 4 is 39.6 Å². The van der Waals surface area contributed by atoms with Crippen molar-refractivity contribution in [2.24, 2.45) is 0 Å². The van der Waals surface area contributed by atoms with Gasteiger partial charge in [-0.3, -0.25) is 0 Å². The minimum absolute atomic E-state index is 0.406. The van der Waals surface area contributed by atoms with Gasteiger partial charge in [0.05, 0.1) is 25.9 Å². The SMILES string of the molecule is CCOc1ccc(CNC(=S)Nc2sc(-c3ccccc3)cc2C(=O)OC)cc1OCC. The van der Waals surface area contributed by atoms with E-state index in [9.17, 15) is 4.79 Å². The maximum atomic E-state index is 12.3. The van der Waals surface area contributed by atoms with Gasteiger partial charge in [0.15, 0.2) is 16.6 Å². The number of benzene rings is 2. The lowest BCUT2D eigenvalue weighted by Crippen LogP contribution is -2.28. The number of ether oxygens (including phenoxy) is 3. The topological polar surface area (TPSA) is 68.8 Å². The highest BCUT2D eigenvalue weighted by molar-refractivity contribution is 7.80. The average molecular weight is 471 g/mol. The van der Waals surface area contributed by atoms with Gasteiger partial charge < -0.3 is 24.8 Å². The number of anilines is 1. The number of hydrogen-bond acceptors (Lipinski definition) is 6. The average Bonchev–Trinajstić information content (AvgIpc) is 3.23. The second kappa shape index (κ2) is 11.5. The molecule has 0 aliphatic carbocycles. The summed E-state index contributed by atoms with van der Waals surface area (Å²) in [5.41, 5.74) is 2.46. The van der Waals surface area contributed by atoms with Gasteiger partial charge in [-0.15, -0.1) is 11.3 Å². The van der Waals surface area contributed by atoms with Crippen LogP contribution in [-0.2, 0) is 11.3 Å². The Balaban J connectivity index is 1.71. The summed E-state index contributed by atoms with van der Waals surface area (Å²) >= 11 is 6.92. The summed E-state index contributed by atoms with van der Waals surface area (Å²) in [6, 6.07) is 17.5. The van der Waals surface area contributed by atoms with Gasteiger partial charge in [-0.2, -0.15) is 0 Å². The quantitative estimate of drug-likeness (QED) is 0.317. The minimum atomic E-state index is -0.415. The zero-order valence-corrected chi connectivity index (χ0v) is 19.9. The number of thiocarbonyl (C=S) groups is 1. The molecule has 0 radical (unpaired) electrons. The largest absolute Gasteiger partial charge is 0.490 e. The van der Waals surface area contributed by atoms with Crippen LogP contribution in [0, 0.1) is 0 Å². The zero-order chi connectivity index (χ0) is 22.9. The van der Waals surface area contributed by atoms with Crippen molar-refractivity contribution in [2.45, 2.75) is 20.4 Å². The maximum absolute atomic E-state index is 12.3. The summed E-state index contributed by atoms with van der Waals surface area (Å²) in [5.74, 6) is 1.00. The molecule has 0 saturated carbocycles. The molecular formula is C24H26N2O4S2. The lowest BCUT2D eigenvalue weighted by molar-refractivity contribution is 0.0602. The van der Waals surface area contributed by atoms with Gasteiger partial charge in [-0.05, 0) is 55.4 Å². The number of thiophene rings is 1. The molecule has 32 heavy (non-hydrogen) atoms. The summed E-state index contributed by atoms with van der Waals surface area (Å²) in [6.07, 6.45) is 0. The Kier molecular flexibility index (Phi) is 8.47. The molecule has 0 unspecified atom stereocenters. The summed E-state index contributed by atoms with van der Waals surface area (Å²) in [4.78, 5) is 13.2. The van der Waals surface area contributed by atoms with Crippen molar-refractivity contribution in [3.05, 3.63) is 65.7 Å². The number of rotatable bonds is 9. The molecule has 0 aliphatic heterocycles. The van der Waals surface area contributed by atoms with Crippen molar-refractivity contribution in [1.82, 2.24) is 5.32 Å². The highest BCUT2D eigenvalue weighted by Gasteiger charge is 2.18. The van der Waals surface area contributed by atoms with E-state index in [1.54, 1.807) is 0 Å². The fourth-order valence-electron chi connectivity index (χ4n) is 3.03. The molecule has 0 fully saturated rings. The molecule has 0 aliphatic rings. The van der Waals surface area contributed by atoms with Gasteiger partial charge in [0.25, 0.3) is 0 Å². The molecule has 0 amide bonds. The van der Waals surface area contributed by atoms with Crippen molar-refractivity contribution in [2.75, 3.05) is 25.6 Å². The lowest BCUT2D eigenvalue weighted by atomic mass is 10.1. The first kappa shape index (κ1) is 23.6. The van der Waals surface area contributed by atoms with Crippen LogP contribution in [0.15, 0.2) is 54.6 Å². The van der Waals surface area contributed by atoms with E-state index in [-0.39, 0.29) is 0 Å². The standard InChI is InChI=1S/C24H26N2O4S2/c1-4-29-19-12-11-16(13-20(19)30-5-2)15-25-24(31)26-22-18(23(27)28-3)14-21(32-22)17-9-7-6-8-10-17/h6-14H,4-5,15H2,1-3H3,(H2,25,26,31). The van der Waals surface area contributed by atoms with Crippen molar-refractivity contribution in [3.63, 3.8) is 0 Å². The smallest absolute Gasteiger partial charge is 0.340 e. The van der Waals surface area contributed by atoms with E-state index >= 15 is 0 Å². The third-order valence-corrected chi connectivity index (χ3v) is 5.83. The first-order chi connectivity index (χ1) is 15.5. The van der Waals surface area contributed by atoms with Gasteiger partial charge in [0.2, 0.25) is 0 Å². The Morgan fingerprint density at radius 3 is 2.41 bits per heavy atom. The van der Waals surface area contributed by atoms with E-state index in [4.69, 9.17) is 26.4 Å². The highest BCUT2D eigenvalue weighted by Crippen LogP contribution is 2.36. The number of nitrogens with one attached hydrogen (secondary N) is 2. The Morgan fingerprint density at radius 2 is 1.72 bits per heavy atom. The summed E-state index contributed by atoms with van der Waals surface area (Å²) in [5, 5.41) is 7.36. The molecule has 2 aromatic carbocycles. The fraction of sp³-hybridized carbons (Fsp3) is 0.250. The van der Waals surface area contributed by atoms with Crippen LogP contribution in [-0.4, -0.2) is 31.4 Å². The fourth-order valence-corrected chi connectivity index (χ4v) is 4.32. The molecule has 6 nitrogen and oxygen atoms in total. The van der Waals surface area contributed by atoms with Gasteiger partial charge >= 0.3 is 5.97 Å². The molecule has 0 bridgehead atoms. The molecule has 0 spiro atoms. The molecular weight excluding hydrogens is 444 g/mol. The van der Waals surface area contributed by atoms with Crippen molar-refractivity contribution in [1.29, 1.82) is 0 Å². The molecule has 1 heterocycles. The van der Waals surface area contributed by atoms with Crippen LogP contribution >= 0.6 is 23.6 Å². The first-order valence-electron chi connectivity index (χ1n) is 10.3. The van der Waals surface area contributed by atoms with Crippen molar-refractivity contribution < 1.29 is 19.0 Å². The van der Waals surface area contributed by atoms with E-state index in [1.165, 1.54) is 18.4 Å². The van der Waals surface area contributed by atoms with Crippen molar-refractivity contribution in [3.8, 4) is 21.9 Å². The molecule has 168 valence electrons. The maximum Gasteiger partial charge on any atom is 0.340 e. The van der Waals surface area contributed by atoms with E-state index < -0.39 is 5.97 Å². The normalized spacial score (nSPS) is 10.3. The number of esters is 1. The lowest BCUT2D eigenvalue weighted by Gasteiger charge is -2.14. The zero-order valence-electron chi connectivity index (χ0n) is 18.3. The summed E-state index contributed by atoms with van der Waals surface area (Å²) in [7, 11) is 1.37. The molecule has 0 atom stereocenters. The molecule has 3 rings (SSSR count). The van der Waals surface area contributed by atoms with E-state index in [2.05, 4.69) is 10.6 Å². The third-order valence-electron chi connectivity index (χ3n) is 4.48. The van der Waals surface area contributed by atoms with Crippen LogP contribution in [0.2, 0.25) is 0 Å². The Morgan fingerprint density at radius 1 is 1.00 bits per heavy atom. The predicted octanol–water partition coefficient (Wildman–Crippen LogP) is 5.49. The van der Waals surface area contributed by atoms with Crippen LogP contribution in [0.4, 0.5) is 5.00 Å². The van der Waals surface area contributed by atoms with Gasteiger partial charge in [-0.1, -0.05) is 36.4 Å². The van der Waals surface area contributed by atoms with E-state index in [1.807, 2.05) is 68.4 Å². The van der Waals surface area contributed by atoms with Crippen LogP contribution < -0.4 is 20.1 Å². The first-order valence-corrected chi connectivity index (χ1v) is 11.5. The Bertz CT molecular complexity index is 1070. The van der Waals surface area contributed by atoms with E-state index in [0.29, 0.717) is 46.9 Å². The molecule has 0 saturated heterocycles. The van der Waals surface area contributed by atoms with Gasteiger partial charge in [0.1, 0.15) is 5.00 Å². The molecule has 8 heteroatoms. The van der Waals surface area contributed by atoms with Crippen LogP contribution in [0.5, 0.6) is 11.5 Å². The second-order valence-corrected chi connectivity index (χ2v) is 8.13. The predicted molar refractivity (Wildman–Crippen MR) is 133 cm³/mol. The van der Waals surface area contributed by atoms with Gasteiger partial charge in [-0.25, -0.2) is 4.79 Å². The van der Waals surface area contributed by atoms with Crippen LogP contribution in [0.3, 0.4) is 0 Å². The number of carbonyl (C=O) groups excluding carboxylic acids is 1. The number of methoxy groups -OCH3 is 1. The van der Waals surface area contributed by atoms with Gasteiger partial charge in [0, 0.05) is 11.4 Å². The van der Waals surface area contributed by atoms with E-state index in [0.717, 1.165) is 16.0 Å². The van der Waals surface area contributed by atoms with Crippen LogP contribution in [0.25, 0.3) is 10.4 Å². The summed E-state index contributed by atoms with van der Waals surface area (Å²) < 4.78 is 16.2.